The molecular weight excluding hydrogens is 150 g/mol. The van der Waals surface area contributed by atoms with Crippen molar-refractivity contribution in [3.63, 3.8) is 0 Å². The number of nitrogen functional groups attached to an aromatic ring is 1. The summed E-state index contributed by atoms with van der Waals surface area (Å²) in [5.74, 6) is 0. The molecule has 0 atom stereocenters. The monoisotopic (exact) mass is 165 g/mol. The zero-order valence-corrected chi connectivity index (χ0v) is 9.65. The molecule has 0 spiro atoms. The minimum absolute atomic E-state index is 0.930. The molecule has 1 aromatic carbocycles. The van der Waals surface area contributed by atoms with Crippen molar-refractivity contribution < 1.29 is 0 Å². The number of hydrogen-bond donors (Lipinski definition) is 1. The minimum atomic E-state index is 0.930. The Labute approximate surface area is 71.0 Å². The highest BCUT2D eigenvalue weighted by molar-refractivity contribution is 6.34. The van der Waals surface area contributed by atoms with Crippen LogP contribution in [0, 0.1) is 20.8 Å². The highest BCUT2D eigenvalue weighted by Crippen LogP contribution is 2.14. The Morgan fingerprint density at radius 3 is 2.27 bits per heavy atom. The van der Waals surface area contributed by atoms with Crippen molar-refractivity contribution in [3.05, 3.63) is 22.8 Å². The van der Waals surface area contributed by atoms with Gasteiger partial charge in [0.15, 0.2) is 0 Å². The summed E-state index contributed by atoms with van der Waals surface area (Å²) in [6.07, 6.45) is 0. The second-order valence-electron chi connectivity index (χ2n) is 3.16. The number of benzene rings is 1. The Hall–Kier alpha value is -0.763. The van der Waals surface area contributed by atoms with Gasteiger partial charge in [-0.2, -0.15) is 0 Å². The van der Waals surface area contributed by atoms with Crippen molar-refractivity contribution in [2.24, 2.45) is 0 Å². The quantitative estimate of drug-likeness (QED) is 0.431. The van der Waals surface area contributed by atoms with Crippen LogP contribution in [-0.4, -0.2) is 10.2 Å². The molecule has 0 heterocycles. The molecule has 1 rings (SSSR count). The zero-order valence-electron chi connectivity index (χ0n) is 7.65. The molecule has 0 aliphatic heterocycles. The number of aryl methyl sites for hydroxylation is 1. The molecule has 0 aromatic heterocycles. The lowest BCUT2D eigenvalue weighted by atomic mass is 10.0. The molecule has 0 radical (unpaired) electrons. The van der Waals surface area contributed by atoms with Gasteiger partial charge in [0.25, 0.3) is 0 Å². The summed E-state index contributed by atoms with van der Waals surface area (Å²) in [6, 6.07) is 2.07. The maximum atomic E-state index is 5.81. The van der Waals surface area contributed by atoms with E-state index in [1.54, 1.807) is 0 Å². The van der Waals surface area contributed by atoms with Crippen LogP contribution in [0.3, 0.4) is 0 Å². The molecule has 0 amide bonds. The lowest BCUT2D eigenvalue weighted by Crippen LogP contribution is -2.14. The highest BCUT2D eigenvalue weighted by Gasteiger charge is 2.02. The third kappa shape index (κ3) is 1.31. The van der Waals surface area contributed by atoms with Crippen LogP contribution in [0.4, 0.5) is 5.69 Å². The van der Waals surface area contributed by atoms with E-state index in [0.717, 1.165) is 15.9 Å². The molecule has 0 unspecified atom stereocenters. The first kappa shape index (κ1) is 8.33. The summed E-state index contributed by atoms with van der Waals surface area (Å²) < 4.78 is 0. The van der Waals surface area contributed by atoms with Gasteiger partial charge in [0.05, 0.1) is 0 Å². The second-order valence-corrected chi connectivity index (χ2v) is 4.16. The Morgan fingerprint density at radius 2 is 1.73 bits per heavy atom. The van der Waals surface area contributed by atoms with Crippen molar-refractivity contribution in [3.8, 4) is 0 Å². The fourth-order valence-electron chi connectivity index (χ4n) is 1.24. The maximum Gasteiger partial charge on any atom is 0.0392 e. The van der Waals surface area contributed by atoms with Crippen molar-refractivity contribution in [2.75, 3.05) is 5.73 Å². The SMILES string of the molecule is Cc1cc(N)c(C)c(C)c1[SiH3]. The Kier molecular flexibility index (Phi) is 2.05. The van der Waals surface area contributed by atoms with Gasteiger partial charge in [-0.05, 0) is 38.0 Å². The van der Waals surface area contributed by atoms with E-state index >= 15 is 0 Å². The van der Waals surface area contributed by atoms with Crippen LogP contribution < -0.4 is 10.9 Å². The van der Waals surface area contributed by atoms with Crippen LogP contribution in [0.5, 0.6) is 0 Å². The molecule has 0 aliphatic rings. The highest BCUT2D eigenvalue weighted by atomic mass is 28.1. The van der Waals surface area contributed by atoms with Crippen LogP contribution in [-0.2, 0) is 0 Å². The normalized spacial score (nSPS) is 10.5. The van der Waals surface area contributed by atoms with E-state index in [1.807, 2.05) is 0 Å². The topological polar surface area (TPSA) is 26.0 Å². The van der Waals surface area contributed by atoms with Gasteiger partial charge in [0.2, 0.25) is 0 Å². The average molecular weight is 165 g/mol. The lowest BCUT2D eigenvalue weighted by Gasteiger charge is -2.10. The molecule has 2 N–H and O–H groups in total. The average Bonchev–Trinajstić information content (AvgIpc) is 1.97. The first-order valence-corrected chi connectivity index (χ1v) is 4.87. The molecule has 11 heavy (non-hydrogen) atoms. The third-order valence-electron chi connectivity index (χ3n) is 2.52. The van der Waals surface area contributed by atoms with Crippen LogP contribution >= 0.6 is 0 Å². The first-order chi connectivity index (χ1) is 5.04. The summed E-state index contributed by atoms with van der Waals surface area (Å²) in [5.41, 5.74) is 10.7. The predicted octanol–water partition coefficient (Wildman–Crippen LogP) is 0.185. The molecule has 0 fully saturated rings. The van der Waals surface area contributed by atoms with Gasteiger partial charge >= 0.3 is 0 Å². The zero-order chi connectivity index (χ0) is 8.59. The first-order valence-electron chi connectivity index (χ1n) is 3.87. The van der Waals surface area contributed by atoms with Crippen LogP contribution in [0.1, 0.15) is 16.7 Å². The molecule has 0 saturated carbocycles. The smallest absolute Gasteiger partial charge is 0.0392 e. The van der Waals surface area contributed by atoms with Crippen molar-refractivity contribution in [1.82, 2.24) is 0 Å². The standard InChI is InChI=1S/C9H15NSi/c1-5-4-8(10)6(2)7(3)9(5)11/h4H,10H2,1-3,11H3. The van der Waals surface area contributed by atoms with E-state index in [1.165, 1.54) is 21.9 Å². The number of nitrogens with two attached hydrogens (primary N) is 1. The van der Waals surface area contributed by atoms with E-state index in [2.05, 4.69) is 26.8 Å². The van der Waals surface area contributed by atoms with E-state index < -0.39 is 0 Å². The Bertz CT molecular complexity index is 266. The molecule has 0 bridgehead atoms. The summed E-state index contributed by atoms with van der Waals surface area (Å²) >= 11 is 0. The van der Waals surface area contributed by atoms with Crippen LogP contribution in [0.15, 0.2) is 6.07 Å². The predicted molar refractivity (Wildman–Crippen MR) is 54.6 cm³/mol. The molecular formula is C9H15NSi. The summed E-state index contributed by atoms with van der Waals surface area (Å²) in [7, 11) is 1.12. The molecule has 0 aliphatic carbocycles. The van der Waals surface area contributed by atoms with E-state index in [9.17, 15) is 0 Å². The van der Waals surface area contributed by atoms with Gasteiger partial charge in [-0.3, -0.25) is 0 Å². The Balaban J connectivity index is 3.46. The number of hydrogen-bond acceptors (Lipinski definition) is 1. The molecule has 0 saturated heterocycles. The van der Waals surface area contributed by atoms with Crippen LogP contribution in [0.2, 0.25) is 0 Å². The van der Waals surface area contributed by atoms with E-state index in [0.29, 0.717) is 0 Å². The fourth-order valence-corrected chi connectivity index (χ4v) is 1.76. The van der Waals surface area contributed by atoms with E-state index in [4.69, 9.17) is 5.73 Å². The fraction of sp³-hybridized carbons (Fsp3) is 0.333. The van der Waals surface area contributed by atoms with Gasteiger partial charge < -0.3 is 5.73 Å². The van der Waals surface area contributed by atoms with Gasteiger partial charge in [0, 0.05) is 15.9 Å². The van der Waals surface area contributed by atoms with Gasteiger partial charge in [-0.1, -0.05) is 10.8 Å². The molecule has 1 nitrogen and oxygen atoms in total. The largest absolute Gasteiger partial charge is 0.398 e. The summed E-state index contributed by atoms with van der Waals surface area (Å²) in [6.45, 7) is 6.37. The third-order valence-corrected chi connectivity index (χ3v) is 4.06. The van der Waals surface area contributed by atoms with Gasteiger partial charge in [-0.25, -0.2) is 0 Å². The maximum absolute atomic E-state index is 5.81. The second kappa shape index (κ2) is 2.70. The summed E-state index contributed by atoms with van der Waals surface area (Å²) in [4.78, 5) is 0. The number of rotatable bonds is 0. The lowest BCUT2D eigenvalue weighted by molar-refractivity contribution is 1.34. The van der Waals surface area contributed by atoms with Crippen molar-refractivity contribution in [1.29, 1.82) is 0 Å². The minimum Gasteiger partial charge on any atom is -0.398 e. The molecule has 1 aromatic rings. The van der Waals surface area contributed by atoms with Gasteiger partial charge in [0.1, 0.15) is 0 Å². The molecule has 2 heteroatoms. The Morgan fingerprint density at radius 1 is 1.18 bits per heavy atom. The van der Waals surface area contributed by atoms with Crippen molar-refractivity contribution in [2.45, 2.75) is 20.8 Å². The van der Waals surface area contributed by atoms with Crippen molar-refractivity contribution >= 4 is 21.1 Å². The van der Waals surface area contributed by atoms with E-state index in [-0.39, 0.29) is 0 Å². The summed E-state index contributed by atoms with van der Waals surface area (Å²) in [5, 5.41) is 1.50. The number of anilines is 1. The molecule has 60 valence electrons. The van der Waals surface area contributed by atoms with Crippen LogP contribution in [0.25, 0.3) is 0 Å². The van der Waals surface area contributed by atoms with Gasteiger partial charge in [-0.15, -0.1) is 0 Å².